The number of likely N-dealkylation sites (tertiary alicyclic amines) is 2. The summed E-state index contributed by atoms with van der Waals surface area (Å²) < 4.78 is 6.66. The molecule has 2 aliphatic rings. The molecule has 0 radical (unpaired) electrons. The fraction of sp³-hybridized carbons (Fsp3) is 0.556. The van der Waals surface area contributed by atoms with Gasteiger partial charge in [0.2, 0.25) is 5.91 Å². The molecule has 24 heavy (non-hydrogen) atoms. The van der Waals surface area contributed by atoms with E-state index in [4.69, 9.17) is 4.42 Å². The van der Waals surface area contributed by atoms with Gasteiger partial charge in [-0.2, -0.15) is 0 Å². The number of nitrogens with zero attached hydrogens (tertiary/aromatic N) is 3. The Morgan fingerprint density at radius 3 is 2.75 bits per heavy atom. The number of amides is 1. The summed E-state index contributed by atoms with van der Waals surface area (Å²) in [4.78, 5) is 29.2. The Morgan fingerprint density at radius 1 is 1.12 bits per heavy atom. The zero-order valence-corrected chi connectivity index (χ0v) is 13.8. The van der Waals surface area contributed by atoms with Crippen LogP contribution in [0.5, 0.6) is 0 Å². The van der Waals surface area contributed by atoms with E-state index in [1.54, 1.807) is 6.07 Å². The molecule has 2 aromatic rings. The molecule has 0 bridgehead atoms. The van der Waals surface area contributed by atoms with Crippen LogP contribution in [0, 0.1) is 0 Å². The van der Waals surface area contributed by atoms with Gasteiger partial charge in [0, 0.05) is 19.1 Å². The van der Waals surface area contributed by atoms with Crippen LogP contribution in [0.25, 0.3) is 11.1 Å². The molecule has 2 saturated heterocycles. The topological polar surface area (TPSA) is 58.7 Å². The van der Waals surface area contributed by atoms with E-state index in [9.17, 15) is 9.59 Å². The van der Waals surface area contributed by atoms with E-state index in [0.717, 1.165) is 32.6 Å². The van der Waals surface area contributed by atoms with Crippen molar-refractivity contribution < 1.29 is 9.21 Å². The van der Waals surface area contributed by atoms with Crippen LogP contribution in [-0.4, -0.2) is 52.5 Å². The maximum atomic E-state index is 12.7. The molecule has 1 amide bonds. The third kappa shape index (κ3) is 2.86. The Labute approximate surface area is 140 Å². The summed E-state index contributed by atoms with van der Waals surface area (Å²) in [5.74, 6) is -0.454. The maximum absolute atomic E-state index is 12.7. The van der Waals surface area contributed by atoms with E-state index in [0.29, 0.717) is 17.1 Å². The molecule has 128 valence electrons. The first-order valence-corrected chi connectivity index (χ1v) is 8.82. The largest absolute Gasteiger partial charge is 0.420 e. The minimum absolute atomic E-state index is 0.00699. The summed E-state index contributed by atoms with van der Waals surface area (Å²) in [6.45, 7) is 3.93. The molecule has 1 atom stereocenters. The van der Waals surface area contributed by atoms with E-state index in [1.807, 2.05) is 23.1 Å². The molecule has 4 rings (SSSR count). The zero-order valence-electron chi connectivity index (χ0n) is 13.8. The zero-order chi connectivity index (χ0) is 16.5. The first-order chi connectivity index (χ1) is 11.7. The van der Waals surface area contributed by atoms with Gasteiger partial charge in [0.1, 0.15) is 6.54 Å². The molecule has 0 aliphatic carbocycles. The molecule has 3 heterocycles. The van der Waals surface area contributed by atoms with Gasteiger partial charge in [-0.3, -0.25) is 14.3 Å². The Hall–Kier alpha value is -2.08. The van der Waals surface area contributed by atoms with Crippen molar-refractivity contribution in [3.05, 3.63) is 34.8 Å². The molecule has 6 nitrogen and oxygen atoms in total. The Bertz CT molecular complexity index is 788. The second kappa shape index (κ2) is 6.43. The van der Waals surface area contributed by atoms with Crippen LogP contribution >= 0.6 is 0 Å². The van der Waals surface area contributed by atoms with Crippen molar-refractivity contribution in [2.45, 2.75) is 38.3 Å². The van der Waals surface area contributed by atoms with Gasteiger partial charge in [-0.25, -0.2) is 4.79 Å². The van der Waals surface area contributed by atoms with Gasteiger partial charge in [-0.15, -0.1) is 0 Å². The van der Waals surface area contributed by atoms with Gasteiger partial charge in [-0.1, -0.05) is 12.1 Å². The van der Waals surface area contributed by atoms with Crippen molar-refractivity contribution in [1.29, 1.82) is 0 Å². The van der Waals surface area contributed by atoms with Crippen LogP contribution in [-0.2, 0) is 11.3 Å². The van der Waals surface area contributed by atoms with Crippen LogP contribution in [0.4, 0.5) is 0 Å². The standard InChI is InChI=1S/C18H23N3O3/c22-17(13-21-15-7-1-2-8-16(15)24-18(21)23)20-11-5-6-14(12-20)19-9-3-4-10-19/h1-2,7-8,14H,3-6,9-13H2. The normalized spacial score (nSPS) is 22.3. The number of carbonyl (C=O) groups excluding carboxylic acids is 1. The Morgan fingerprint density at radius 2 is 1.92 bits per heavy atom. The SMILES string of the molecule is O=C(Cn1c(=O)oc2ccccc21)N1CCCC(N2CCCC2)C1. The van der Waals surface area contributed by atoms with Gasteiger partial charge < -0.3 is 9.32 Å². The fourth-order valence-electron chi connectivity index (χ4n) is 3.98. The highest BCUT2D eigenvalue weighted by Crippen LogP contribution is 2.21. The van der Waals surface area contributed by atoms with Crippen molar-refractivity contribution in [2.75, 3.05) is 26.2 Å². The molecule has 0 N–H and O–H groups in total. The lowest BCUT2D eigenvalue weighted by atomic mass is 10.0. The number of hydrogen-bond donors (Lipinski definition) is 0. The smallest absolute Gasteiger partial charge is 0.408 e. The van der Waals surface area contributed by atoms with Gasteiger partial charge in [-0.05, 0) is 50.9 Å². The summed E-state index contributed by atoms with van der Waals surface area (Å²) in [5.41, 5.74) is 1.22. The highest BCUT2D eigenvalue weighted by molar-refractivity contribution is 5.79. The van der Waals surface area contributed by atoms with Crippen LogP contribution in [0.3, 0.4) is 0 Å². The van der Waals surface area contributed by atoms with E-state index in [-0.39, 0.29) is 12.5 Å². The van der Waals surface area contributed by atoms with E-state index in [2.05, 4.69) is 4.90 Å². The van der Waals surface area contributed by atoms with E-state index >= 15 is 0 Å². The fourth-order valence-corrected chi connectivity index (χ4v) is 3.98. The second-order valence-electron chi connectivity index (χ2n) is 6.80. The predicted molar refractivity (Wildman–Crippen MR) is 90.9 cm³/mol. The van der Waals surface area contributed by atoms with E-state index < -0.39 is 5.76 Å². The Kier molecular flexibility index (Phi) is 4.14. The van der Waals surface area contributed by atoms with Gasteiger partial charge in [0.25, 0.3) is 0 Å². The number of carbonyl (C=O) groups is 1. The second-order valence-corrected chi connectivity index (χ2v) is 6.80. The predicted octanol–water partition coefficient (Wildman–Crippen LogP) is 1.68. The van der Waals surface area contributed by atoms with E-state index in [1.165, 1.54) is 23.8 Å². The lowest BCUT2D eigenvalue weighted by Gasteiger charge is -2.37. The minimum Gasteiger partial charge on any atom is -0.408 e. The Balaban J connectivity index is 1.49. The first-order valence-electron chi connectivity index (χ1n) is 8.82. The molecule has 2 aliphatic heterocycles. The molecule has 6 heteroatoms. The van der Waals surface area contributed by atoms with Crippen LogP contribution < -0.4 is 5.76 Å². The number of para-hydroxylation sites is 2. The summed E-state index contributed by atoms with van der Waals surface area (Å²) in [6.07, 6.45) is 4.73. The number of benzene rings is 1. The number of hydrogen-bond acceptors (Lipinski definition) is 4. The third-order valence-corrected chi connectivity index (χ3v) is 5.27. The lowest BCUT2D eigenvalue weighted by Crippen LogP contribution is -2.50. The molecule has 1 unspecified atom stereocenters. The number of fused-ring (bicyclic) bond motifs is 1. The van der Waals surface area contributed by atoms with Gasteiger partial charge >= 0.3 is 5.76 Å². The first kappa shape index (κ1) is 15.4. The van der Waals surface area contributed by atoms with Crippen LogP contribution in [0.1, 0.15) is 25.7 Å². The monoisotopic (exact) mass is 329 g/mol. The molecule has 2 fully saturated rings. The van der Waals surface area contributed by atoms with Crippen molar-refractivity contribution in [3.8, 4) is 0 Å². The van der Waals surface area contributed by atoms with Crippen LogP contribution in [0.2, 0.25) is 0 Å². The summed E-state index contributed by atoms with van der Waals surface area (Å²) in [5, 5.41) is 0. The molecule has 0 saturated carbocycles. The molecule has 1 aromatic heterocycles. The average molecular weight is 329 g/mol. The van der Waals surface area contributed by atoms with Gasteiger partial charge in [0.15, 0.2) is 5.58 Å². The maximum Gasteiger partial charge on any atom is 0.420 e. The molecular formula is C18H23N3O3. The van der Waals surface area contributed by atoms with Crippen molar-refractivity contribution >= 4 is 17.0 Å². The molecular weight excluding hydrogens is 306 g/mol. The van der Waals surface area contributed by atoms with Crippen molar-refractivity contribution in [2.24, 2.45) is 0 Å². The molecule has 0 spiro atoms. The highest BCUT2D eigenvalue weighted by Gasteiger charge is 2.29. The highest BCUT2D eigenvalue weighted by atomic mass is 16.4. The summed E-state index contributed by atoms with van der Waals surface area (Å²) >= 11 is 0. The quantitative estimate of drug-likeness (QED) is 0.860. The number of aromatic nitrogens is 1. The summed E-state index contributed by atoms with van der Waals surface area (Å²) in [7, 11) is 0. The number of rotatable bonds is 3. The lowest BCUT2D eigenvalue weighted by molar-refractivity contribution is -0.134. The van der Waals surface area contributed by atoms with Crippen LogP contribution in [0.15, 0.2) is 33.5 Å². The van der Waals surface area contributed by atoms with Gasteiger partial charge in [0.05, 0.1) is 5.52 Å². The summed E-state index contributed by atoms with van der Waals surface area (Å²) in [6, 6.07) is 7.72. The van der Waals surface area contributed by atoms with Crippen molar-refractivity contribution in [1.82, 2.24) is 14.4 Å². The molecule has 1 aromatic carbocycles. The minimum atomic E-state index is -0.461. The average Bonchev–Trinajstić information content (AvgIpc) is 3.24. The van der Waals surface area contributed by atoms with Crippen molar-refractivity contribution in [3.63, 3.8) is 0 Å². The third-order valence-electron chi connectivity index (χ3n) is 5.27. The number of piperidine rings is 1. The number of oxazole rings is 1.